The Bertz CT molecular complexity index is 775. The molecule has 1 atom stereocenters. The van der Waals surface area contributed by atoms with Gasteiger partial charge < -0.3 is 19.1 Å². The lowest BCUT2D eigenvalue weighted by Crippen LogP contribution is -2.18. The first-order valence-corrected chi connectivity index (χ1v) is 7.87. The monoisotopic (exact) mass is 341 g/mol. The van der Waals surface area contributed by atoms with Crippen molar-refractivity contribution in [3.05, 3.63) is 60.1 Å². The van der Waals surface area contributed by atoms with E-state index in [9.17, 15) is 5.11 Å². The van der Waals surface area contributed by atoms with E-state index in [0.717, 1.165) is 5.56 Å². The van der Waals surface area contributed by atoms with Crippen molar-refractivity contribution >= 4 is 0 Å². The van der Waals surface area contributed by atoms with Crippen molar-refractivity contribution in [1.82, 2.24) is 15.1 Å². The maximum Gasteiger partial charge on any atom is 0.229 e. The molecular weight excluding hydrogens is 322 g/mol. The standard InChI is InChI=1S/C18H19N3O4/c1-23-16-8-7-14(10-19-16)18-20-17(25-21-18)9-15(22)12-24-11-13-5-3-2-4-6-13/h2-8,10,15,22H,9,11-12H2,1H3. The Hall–Kier alpha value is -2.77. The van der Waals surface area contributed by atoms with Crippen molar-refractivity contribution in [3.63, 3.8) is 0 Å². The third-order valence-electron chi connectivity index (χ3n) is 3.50. The molecule has 0 aliphatic carbocycles. The molecule has 3 rings (SSSR count). The quantitative estimate of drug-likeness (QED) is 0.672. The first-order valence-electron chi connectivity index (χ1n) is 7.87. The number of hydrogen-bond acceptors (Lipinski definition) is 7. The minimum Gasteiger partial charge on any atom is -0.481 e. The molecule has 1 N–H and O–H groups in total. The van der Waals surface area contributed by atoms with Gasteiger partial charge in [-0.3, -0.25) is 0 Å². The van der Waals surface area contributed by atoms with Gasteiger partial charge in [0.15, 0.2) is 0 Å². The summed E-state index contributed by atoms with van der Waals surface area (Å²) in [7, 11) is 1.55. The van der Waals surface area contributed by atoms with Crippen LogP contribution in [-0.2, 0) is 17.8 Å². The number of ether oxygens (including phenoxy) is 2. The van der Waals surface area contributed by atoms with Crippen molar-refractivity contribution in [3.8, 4) is 17.3 Å². The zero-order chi connectivity index (χ0) is 17.5. The lowest BCUT2D eigenvalue weighted by molar-refractivity contribution is 0.0253. The van der Waals surface area contributed by atoms with Gasteiger partial charge in [-0.05, 0) is 11.6 Å². The number of hydrogen-bond donors (Lipinski definition) is 1. The van der Waals surface area contributed by atoms with Gasteiger partial charge >= 0.3 is 0 Å². The second-order valence-corrected chi connectivity index (χ2v) is 5.46. The molecule has 0 spiro atoms. The van der Waals surface area contributed by atoms with Gasteiger partial charge in [0.1, 0.15) is 0 Å². The molecule has 7 heteroatoms. The first kappa shape index (κ1) is 17.1. The van der Waals surface area contributed by atoms with Gasteiger partial charge in [0.05, 0.1) is 32.8 Å². The number of aromatic nitrogens is 3. The average molecular weight is 341 g/mol. The van der Waals surface area contributed by atoms with Crippen molar-refractivity contribution in [1.29, 1.82) is 0 Å². The Labute approximate surface area is 145 Å². The van der Waals surface area contributed by atoms with E-state index in [1.807, 2.05) is 30.3 Å². The molecule has 0 aliphatic heterocycles. The van der Waals surface area contributed by atoms with Gasteiger partial charge in [0.2, 0.25) is 17.6 Å². The van der Waals surface area contributed by atoms with Crippen LogP contribution in [0.3, 0.4) is 0 Å². The second-order valence-electron chi connectivity index (χ2n) is 5.46. The summed E-state index contributed by atoms with van der Waals surface area (Å²) in [5.41, 5.74) is 1.77. The van der Waals surface area contributed by atoms with Gasteiger partial charge in [-0.1, -0.05) is 35.5 Å². The Morgan fingerprint density at radius 2 is 2.00 bits per heavy atom. The summed E-state index contributed by atoms with van der Waals surface area (Å²) in [5.74, 6) is 1.28. The number of aliphatic hydroxyl groups excluding tert-OH is 1. The fourth-order valence-electron chi connectivity index (χ4n) is 2.24. The molecule has 130 valence electrons. The highest BCUT2D eigenvalue weighted by molar-refractivity contribution is 5.52. The van der Waals surface area contributed by atoms with Crippen LogP contribution in [0.15, 0.2) is 53.2 Å². The minimum atomic E-state index is -0.717. The zero-order valence-electron chi connectivity index (χ0n) is 13.8. The van der Waals surface area contributed by atoms with Gasteiger partial charge in [-0.15, -0.1) is 0 Å². The lowest BCUT2D eigenvalue weighted by atomic mass is 10.2. The summed E-state index contributed by atoms with van der Waals surface area (Å²) in [6.45, 7) is 0.640. The fourth-order valence-corrected chi connectivity index (χ4v) is 2.24. The largest absolute Gasteiger partial charge is 0.481 e. The Kier molecular flexibility index (Phi) is 5.71. The molecule has 0 saturated carbocycles. The predicted molar refractivity (Wildman–Crippen MR) is 89.9 cm³/mol. The van der Waals surface area contributed by atoms with Crippen LogP contribution in [0.4, 0.5) is 0 Å². The molecule has 7 nitrogen and oxygen atoms in total. The van der Waals surface area contributed by atoms with E-state index < -0.39 is 6.10 Å². The normalized spacial score (nSPS) is 12.1. The highest BCUT2D eigenvalue weighted by Gasteiger charge is 2.14. The number of methoxy groups -OCH3 is 1. The maximum atomic E-state index is 10.0. The van der Waals surface area contributed by atoms with Crippen LogP contribution in [0.5, 0.6) is 5.88 Å². The molecule has 0 saturated heterocycles. The zero-order valence-corrected chi connectivity index (χ0v) is 13.8. The summed E-state index contributed by atoms with van der Waals surface area (Å²) >= 11 is 0. The Balaban J connectivity index is 1.50. The van der Waals surface area contributed by atoms with Crippen molar-refractivity contribution < 1.29 is 19.1 Å². The number of pyridine rings is 1. The van der Waals surface area contributed by atoms with Crippen LogP contribution in [0, 0.1) is 0 Å². The molecule has 0 radical (unpaired) electrons. The predicted octanol–water partition coefficient (Wildman–Crippen LogP) is 2.26. The molecule has 0 aliphatic rings. The van der Waals surface area contributed by atoms with Crippen LogP contribution in [-0.4, -0.2) is 40.1 Å². The summed E-state index contributed by atoms with van der Waals surface area (Å²) in [6, 6.07) is 13.3. The van der Waals surface area contributed by atoms with Gasteiger partial charge in [-0.2, -0.15) is 4.98 Å². The Morgan fingerprint density at radius 3 is 2.72 bits per heavy atom. The maximum absolute atomic E-state index is 10.0. The van der Waals surface area contributed by atoms with E-state index in [0.29, 0.717) is 29.8 Å². The highest BCUT2D eigenvalue weighted by Crippen LogP contribution is 2.17. The smallest absolute Gasteiger partial charge is 0.229 e. The van der Waals surface area contributed by atoms with Crippen molar-refractivity contribution in [2.24, 2.45) is 0 Å². The SMILES string of the molecule is COc1ccc(-c2noc(CC(O)COCc3ccccc3)n2)cn1. The van der Waals surface area contributed by atoms with Crippen LogP contribution >= 0.6 is 0 Å². The summed E-state index contributed by atoms with van der Waals surface area (Å²) in [6.07, 6.45) is 1.11. The van der Waals surface area contributed by atoms with Crippen LogP contribution in [0.25, 0.3) is 11.4 Å². The summed E-state index contributed by atoms with van der Waals surface area (Å²) in [4.78, 5) is 8.37. The Morgan fingerprint density at radius 1 is 1.16 bits per heavy atom. The number of benzene rings is 1. The van der Waals surface area contributed by atoms with E-state index in [1.54, 1.807) is 25.4 Å². The number of aliphatic hydroxyl groups is 1. The molecule has 1 aromatic carbocycles. The van der Waals surface area contributed by atoms with Gasteiger partial charge in [0, 0.05) is 17.8 Å². The van der Waals surface area contributed by atoms with Crippen LogP contribution in [0.2, 0.25) is 0 Å². The lowest BCUT2D eigenvalue weighted by Gasteiger charge is -2.09. The van der Waals surface area contributed by atoms with Crippen LogP contribution < -0.4 is 4.74 Å². The molecule has 1 unspecified atom stereocenters. The molecule has 0 amide bonds. The van der Waals surface area contributed by atoms with Crippen LogP contribution in [0.1, 0.15) is 11.5 Å². The van der Waals surface area contributed by atoms with E-state index in [4.69, 9.17) is 14.0 Å². The average Bonchev–Trinajstić information content (AvgIpc) is 3.11. The van der Waals surface area contributed by atoms with E-state index in [1.165, 1.54) is 0 Å². The van der Waals surface area contributed by atoms with Gasteiger partial charge in [-0.25, -0.2) is 4.98 Å². The first-order chi connectivity index (χ1) is 12.2. The second kappa shape index (κ2) is 8.36. The van der Waals surface area contributed by atoms with E-state index >= 15 is 0 Å². The third kappa shape index (κ3) is 4.85. The van der Waals surface area contributed by atoms with Crippen molar-refractivity contribution in [2.75, 3.05) is 13.7 Å². The molecule has 2 aromatic heterocycles. The molecule has 25 heavy (non-hydrogen) atoms. The topological polar surface area (TPSA) is 90.5 Å². The van der Waals surface area contributed by atoms with E-state index in [-0.39, 0.29) is 13.0 Å². The number of rotatable bonds is 8. The highest BCUT2D eigenvalue weighted by atomic mass is 16.5. The third-order valence-corrected chi connectivity index (χ3v) is 3.50. The molecular formula is C18H19N3O4. The van der Waals surface area contributed by atoms with Crippen molar-refractivity contribution in [2.45, 2.75) is 19.1 Å². The molecule has 3 aromatic rings. The summed E-state index contributed by atoms with van der Waals surface area (Å²) < 4.78 is 15.7. The minimum absolute atomic E-state index is 0.191. The summed E-state index contributed by atoms with van der Waals surface area (Å²) in [5, 5.41) is 14.0. The molecule has 2 heterocycles. The molecule has 0 bridgehead atoms. The number of nitrogens with zero attached hydrogens (tertiary/aromatic N) is 3. The van der Waals surface area contributed by atoms with Gasteiger partial charge in [0.25, 0.3) is 0 Å². The fraction of sp³-hybridized carbons (Fsp3) is 0.278. The van der Waals surface area contributed by atoms with E-state index in [2.05, 4.69) is 15.1 Å². The molecule has 0 fully saturated rings.